The maximum atomic E-state index is 5.53. The topological polar surface area (TPSA) is 36.9 Å². The Bertz CT molecular complexity index is 336. The van der Waals surface area contributed by atoms with Crippen molar-refractivity contribution in [3.8, 4) is 11.5 Å². The molecule has 0 N–H and O–H groups in total. The SMILES string of the molecule is COCOc1ccc(C(C)C)c(OCOC)c1. The minimum absolute atomic E-state index is 0.227. The summed E-state index contributed by atoms with van der Waals surface area (Å²) < 4.78 is 20.7. The van der Waals surface area contributed by atoms with Crippen LogP contribution in [0, 0.1) is 0 Å². The van der Waals surface area contributed by atoms with Crippen LogP contribution >= 0.6 is 0 Å². The summed E-state index contributed by atoms with van der Waals surface area (Å²) in [5, 5.41) is 0. The molecule has 0 saturated carbocycles. The second-order valence-corrected chi connectivity index (χ2v) is 3.96. The second kappa shape index (κ2) is 7.14. The minimum atomic E-state index is 0.227. The summed E-state index contributed by atoms with van der Waals surface area (Å²) in [6, 6.07) is 5.77. The molecule has 1 rings (SSSR count). The smallest absolute Gasteiger partial charge is 0.188 e. The lowest BCUT2D eigenvalue weighted by atomic mass is 10.0. The number of ether oxygens (including phenoxy) is 4. The lowest BCUT2D eigenvalue weighted by Gasteiger charge is -2.15. The van der Waals surface area contributed by atoms with Gasteiger partial charge in [-0.25, -0.2) is 0 Å². The highest BCUT2D eigenvalue weighted by Crippen LogP contribution is 2.30. The maximum absolute atomic E-state index is 5.53. The Labute approximate surface area is 102 Å². The summed E-state index contributed by atoms with van der Waals surface area (Å²) in [7, 11) is 3.19. The zero-order chi connectivity index (χ0) is 12.7. The minimum Gasteiger partial charge on any atom is -0.467 e. The van der Waals surface area contributed by atoms with Gasteiger partial charge in [-0.1, -0.05) is 19.9 Å². The predicted molar refractivity (Wildman–Crippen MR) is 65.5 cm³/mol. The van der Waals surface area contributed by atoms with Gasteiger partial charge in [0.25, 0.3) is 0 Å². The van der Waals surface area contributed by atoms with Crippen molar-refractivity contribution in [2.75, 3.05) is 27.8 Å². The Morgan fingerprint density at radius 1 is 1.00 bits per heavy atom. The molecule has 0 saturated heterocycles. The van der Waals surface area contributed by atoms with Crippen LogP contribution < -0.4 is 9.47 Å². The first-order valence-electron chi connectivity index (χ1n) is 5.56. The molecule has 1 aromatic rings. The van der Waals surface area contributed by atoms with Crippen LogP contribution in [0.2, 0.25) is 0 Å². The summed E-state index contributed by atoms with van der Waals surface area (Å²) >= 11 is 0. The Morgan fingerprint density at radius 3 is 2.24 bits per heavy atom. The Kier molecular flexibility index (Phi) is 5.80. The van der Waals surface area contributed by atoms with E-state index in [1.165, 1.54) is 0 Å². The second-order valence-electron chi connectivity index (χ2n) is 3.96. The van der Waals surface area contributed by atoms with Gasteiger partial charge < -0.3 is 18.9 Å². The fraction of sp³-hybridized carbons (Fsp3) is 0.538. The normalized spacial score (nSPS) is 10.6. The highest BCUT2D eigenvalue weighted by molar-refractivity contribution is 5.42. The van der Waals surface area contributed by atoms with Crippen molar-refractivity contribution in [1.29, 1.82) is 0 Å². The molecule has 1 aromatic carbocycles. The van der Waals surface area contributed by atoms with Crippen LogP contribution in [0.4, 0.5) is 0 Å². The third kappa shape index (κ3) is 4.24. The molecular formula is C13H20O4. The van der Waals surface area contributed by atoms with E-state index in [1.54, 1.807) is 14.2 Å². The third-order valence-electron chi connectivity index (χ3n) is 2.28. The van der Waals surface area contributed by atoms with Gasteiger partial charge in [0.1, 0.15) is 11.5 Å². The largest absolute Gasteiger partial charge is 0.467 e. The number of hydrogen-bond donors (Lipinski definition) is 0. The Morgan fingerprint density at radius 2 is 1.65 bits per heavy atom. The van der Waals surface area contributed by atoms with Crippen LogP contribution in [0.15, 0.2) is 18.2 Å². The van der Waals surface area contributed by atoms with Crippen LogP contribution in [0.1, 0.15) is 25.3 Å². The number of methoxy groups -OCH3 is 2. The standard InChI is InChI=1S/C13H20O4/c1-10(2)12-6-5-11(16-8-14-3)7-13(12)17-9-15-4/h5-7,10H,8-9H2,1-4H3. The van der Waals surface area contributed by atoms with Crippen molar-refractivity contribution in [2.45, 2.75) is 19.8 Å². The van der Waals surface area contributed by atoms with Gasteiger partial charge in [0.2, 0.25) is 0 Å². The molecule has 0 fully saturated rings. The van der Waals surface area contributed by atoms with Crippen molar-refractivity contribution in [3.05, 3.63) is 23.8 Å². The summed E-state index contributed by atoms with van der Waals surface area (Å²) in [5.74, 6) is 1.90. The van der Waals surface area contributed by atoms with Gasteiger partial charge in [0.15, 0.2) is 13.6 Å². The summed E-state index contributed by atoms with van der Waals surface area (Å²) in [6.07, 6.45) is 0. The Balaban J connectivity index is 2.84. The molecule has 17 heavy (non-hydrogen) atoms. The maximum Gasteiger partial charge on any atom is 0.188 e. The van der Waals surface area contributed by atoms with Gasteiger partial charge in [0.05, 0.1) is 0 Å². The van der Waals surface area contributed by atoms with Crippen molar-refractivity contribution in [1.82, 2.24) is 0 Å². The molecule has 0 amide bonds. The monoisotopic (exact) mass is 240 g/mol. The van der Waals surface area contributed by atoms with Crippen molar-refractivity contribution >= 4 is 0 Å². The molecule has 0 heterocycles. The molecule has 0 atom stereocenters. The van der Waals surface area contributed by atoms with E-state index in [-0.39, 0.29) is 13.6 Å². The molecule has 0 aromatic heterocycles. The average molecular weight is 240 g/mol. The average Bonchev–Trinajstić information content (AvgIpc) is 2.33. The molecule has 96 valence electrons. The van der Waals surface area contributed by atoms with E-state index in [2.05, 4.69) is 13.8 Å². The molecule has 4 heteroatoms. The number of rotatable bonds is 7. The van der Waals surface area contributed by atoms with Gasteiger partial charge in [-0.2, -0.15) is 0 Å². The van der Waals surface area contributed by atoms with Gasteiger partial charge in [-0.15, -0.1) is 0 Å². The first-order valence-corrected chi connectivity index (χ1v) is 5.56. The van der Waals surface area contributed by atoms with E-state index in [4.69, 9.17) is 18.9 Å². The molecule has 0 unspecified atom stereocenters. The van der Waals surface area contributed by atoms with Crippen LogP contribution in [-0.4, -0.2) is 27.8 Å². The molecule has 0 aliphatic heterocycles. The highest BCUT2D eigenvalue weighted by atomic mass is 16.7. The van der Waals surface area contributed by atoms with Crippen LogP contribution in [0.25, 0.3) is 0 Å². The summed E-state index contributed by atoms with van der Waals surface area (Å²) in [4.78, 5) is 0. The fourth-order valence-electron chi connectivity index (χ4n) is 1.46. The molecule has 4 nitrogen and oxygen atoms in total. The lowest BCUT2D eigenvalue weighted by molar-refractivity contribution is 0.0455. The van der Waals surface area contributed by atoms with E-state index < -0.39 is 0 Å². The highest BCUT2D eigenvalue weighted by Gasteiger charge is 2.09. The van der Waals surface area contributed by atoms with E-state index in [9.17, 15) is 0 Å². The van der Waals surface area contributed by atoms with Crippen LogP contribution in [0.3, 0.4) is 0 Å². The van der Waals surface area contributed by atoms with E-state index in [0.29, 0.717) is 5.92 Å². The zero-order valence-corrected chi connectivity index (χ0v) is 10.9. The predicted octanol–water partition coefficient (Wildman–Crippen LogP) is 2.78. The van der Waals surface area contributed by atoms with Crippen LogP contribution in [0.5, 0.6) is 11.5 Å². The molecular weight excluding hydrogens is 220 g/mol. The number of benzene rings is 1. The van der Waals surface area contributed by atoms with Crippen molar-refractivity contribution in [2.24, 2.45) is 0 Å². The van der Waals surface area contributed by atoms with Crippen molar-refractivity contribution < 1.29 is 18.9 Å². The molecule has 0 radical (unpaired) electrons. The molecule has 0 aliphatic carbocycles. The lowest BCUT2D eigenvalue weighted by Crippen LogP contribution is -2.04. The van der Waals surface area contributed by atoms with Gasteiger partial charge in [-0.05, 0) is 17.5 Å². The quantitative estimate of drug-likeness (QED) is 0.687. The van der Waals surface area contributed by atoms with E-state index in [0.717, 1.165) is 17.1 Å². The third-order valence-corrected chi connectivity index (χ3v) is 2.28. The van der Waals surface area contributed by atoms with Gasteiger partial charge in [0, 0.05) is 20.3 Å². The molecule has 0 spiro atoms. The van der Waals surface area contributed by atoms with Crippen molar-refractivity contribution in [3.63, 3.8) is 0 Å². The fourth-order valence-corrected chi connectivity index (χ4v) is 1.46. The molecule has 0 aliphatic rings. The first-order chi connectivity index (χ1) is 8.19. The van der Waals surface area contributed by atoms with Gasteiger partial charge >= 0.3 is 0 Å². The van der Waals surface area contributed by atoms with E-state index in [1.807, 2.05) is 18.2 Å². The number of hydrogen-bond acceptors (Lipinski definition) is 4. The van der Waals surface area contributed by atoms with Gasteiger partial charge in [-0.3, -0.25) is 0 Å². The summed E-state index contributed by atoms with van der Waals surface area (Å²) in [6.45, 7) is 4.69. The Hall–Kier alpha value is -1.26. The van der Waals surface area contributed by atoms with E-state index >= 15 is 0 Å². The summed E-state index contributed by atoms with van der Waals surface area (Å²) in [5.41, 5.74) is 1.13. The zero-order valence-electron chi connectivity index (χ0n) is 10.9. The van der Waals surface area contributed by atoms with Crippen LogP contribution in [-0.2, 0) is 9.47 Å². The molecule has 0 bridgehead atoms. The first kappa shape index (κ1) is 13.8.